The van der Waals surface area contributed by atoms with Gasteiger partial charge in [0, 0.05) is 36.3 Å². The Labute approximate surface area is 248 Å². The fraction of sp³-hybridized carbons (Fsp3) is 0.429. The molecule has 3 atom stereocenters. The Balaban J connectivity index is 1.54. The van der Waals surface area contributed by atoms with Gasteiger partial charge in [-0.05, 0) is 38.1 Å². The molecule has 0 saturated carbocycles. The SMILES string of the molecule is C=CC(=O)N[C@H]1COC[C@H]1Nc1ncc2cc(-c3c(Cl)c(OC)cc(OC)c3Cl)nc(NCC3CCN(C)C3)c2n1. The molecule has 2 aliphatic rings. The van der Waals surface area contributed by atoms with E-state index in [4.69, 9.17) is 47.4 Å². The van der Waals surface area contributed by atoms with Crippen molar-refractivity contribution >= 4 is 51.8 Å². The number of likely N-dealkylation sites (tertiary alicyclic amines) is 1. The number of hydrogen-bond acceptors (Lipinski definition) is 10. The number of ether oxygens (including phenoxy) is 3. The number of benzene rings is 1. The Kier molecular flexibility index (Phi) is 8.98. The third-order valence-electron chi connectivity index (χ3n) is 7.35. The van der Waals surface area contributed by atoms with Crippen LogP contribution in [0.5, 0.6) is 11.5 Å². The molecule has 1 amide bonds. The van der Waals surface area contributed by atoms with Crippen LogP contribution in [0.4, 0.5) is 11.8 Å². The van der Waals surface area contributed by atoms with Crippen LogP contribution < -0.4 is 25.4 Å². The zero-order valence-electron chi connectivity index (χ0n) is 23.2. The molecule has 0 spiro atoms. The fourth-order valence-corrected chi connectivity index (χ4v) is 5.85. The van der Waals surface area contributed by atoms with E-state index in [0.29, 0.717) is 69.2 Å². The summed E-state index contributed by atoms with van der Waals surface area (Å²) in [6.07, 6.45) is 4.05. The highest BCUT2D eigenvalue weighted by molar-refractivity contribution is 6.41. The molecule has 2 aromatic heterocycles. The number of pyridine rings is 1. The van der Waals surface area contributed by atoms with E-state index in [0.717, 1.165) is 31.4 Å². The first-order valence-corrected chi connectivity index (χ1v) is 14.0. The number of halogens is 2. The van der Waals surface area contributed by atoms with Crippen molar-refractivity contribution in [1.29, 1.82) is 0 Å². The van der Waals surface area contributed by atoms with E-state index >= 15 is 0 Å². The third-order valence-corrected chi connectivity index (χ3v) is 8.10. The van der Waals surface area contributed by atoms with Crippen LogP contribution in [0, 0.1) is 5.92 Å². The van der Waals surface area contributed by atoms with Crippen molar-refractivity contribution in [2.45, 2.75) is 18.5 Å². The molecule has 41 heavy (non-hydrogen) atoms. The molecule has 0 aliphatic carbocycles. The van der Waals surface area contributed by atoms with Crippen molar-refractivity contribution in [3.8, 4) is 22.8 Å². The summed E-state index contributed by atoms with van der Waals surface area (Å²) >= 11 is 13.5. The Bertz CT molecular complexity index is 1430. The highest BCUT2D eigenvalue weighted by atomic mass is 35.5. The van der Waals surface area contributed by atoms with Crippen molar-refractivity contribution in [2.75, 3.05) is 64.7 Å². The summed E-state index contributed by atoms with van der Waals surface area (Å²) in [5.74, 6) is 2.00. The van der Waals surface area contributed by atoms with Gasteiger partial charge in [-0.15, -0.1) is 0 Å². The van der Waals surface area contributed by atoms with Gasteiger partial charge < -0.3 is 35.1 Å². The standard InChI is InChI=1S/C28H33Cl2N7O4/c1-5-22(38)33-18-13-41-14-19(18)35-28-32-11-16-8-17(23-24(29)20(39-3)9-21(40-4)25(23)30)34-27(26(16)36-28)31-10-15-6-7-37(2)12-15/h5,8-9,11,15,18-19H,1,6-7,10,12-14H2,2-4H3,(H,31,34)(H,33,38)(H,32,35,36)/t15?,18-,19+/m0/s1. The molecule has 13 heteroatoms. The van der Waals surface area contributed by atoms with Crippen LogP contribution in [0.2, 0.25) is 10.0 Å². The lowest BCUT2D eigenvalue weighted by Gasteiger charge is -2.20. The van der Waals surface area contributed by atoms with E-state index in [-0.39, 0.29) is 18.0 Å². The summed E-state index contributed by atoms with van der Waals surface area (Å²) in [6.45, 7) is 7.07. The minimum absolute atomic E-state index is 0.212. The van der Waals surface area contributed by atoms with Gasteiger partial charge in [0.25, 0.3) is 0 Å². The second kappa shape index (κ2) is 12.6. The van der Waals surface area contributed by atoms with Crippen molar-refractivity contribution in [1.82, 2.24) is 25.2 Å². The maximum atomic E-state index is 11.9. The summed E-state index contributed by atoms with van der Waals surface area (Å²) in [4.78, 5) is 28.5. The molecule has 1 aromatic carbocycles. The smallest absolute Gasteiger partial charge is 0.243 e. The number of methoxy groups -OCH3 is 2. The van der Waals surface area contributed by atoms with Crippen LogP contribution in [0.1, 0.15) is 6.42 Å². The van der Waals surface area contributed by atoms with Gasteiger partial charge in [-0.3, -0.25) is 4.79 Å². The van der Waals surface area contributed by atoms with E-state index in [9.17, 15) is 4.79 Å². The van der Waals surface area contributed by atoms with Crippen molar-refractivity contribution in [3.63, 3.8) is 0 Å². The van der Waals surface area contributed by atoms with E-state index < -0.39 is 0 Å². The quantitative estimate of drug-likeness (QED) is 0.295. The van der Waals surface area contributed by atoms with Crippen LogP contribution >= 0.6 is 23.2 Å². The lowest BCUT2D eigenvalue weighted by molar-refractivity contribution is -0.117. The molecule has 3 aromatic rings. The predicted octanol–water partition coefficient (Wildman–Crippen LogP) is 3.86. The summed E-state index contributed by atoms with van der Waals surface area (Å²) in [6, 6.07) is 3.02. The topological polar surface area (TPSA) is 123 Å². The van der Waals surface area contributed by atoms with Gasteiger partial charge in [-0.2, -0.15) is 0 Å². The molecule has 2 fully saturated rings. The van der Waals surface area contributed by atoms with E-state index in [1.165, 1.54) is 20.3 Å². The molecular formula is C28H33Cl2N7O4. The van der Waals surface area contributed by atoms with Gasteiger partial charge in [0.1, 0.15) is 17.0 Å². The van der Waals surface area contributed by atoms with Crippen LogP contribution in [0.3, 0.4) is 0 Å². The molecule has 4 heterocycles. The van der Waals surface area contributed by atoms with Gasteiger partial charge in [-0.1, -0.05) is 29.8 Å². The van der Waals surface area contributed by atoms with Gasteiger partial charge in [-0.25, -0.2) is 15.0 Å². The van der Waals surface area contributed by atoms with Crippen LogP contribution in [-0.2, 0) is 9.53 Å². The number of fused-ring (bicyclic) bond motifs is 1. The average Bonchev–Trinajstić information content (AvgIpc) is 3.59. The zero-order chi connectivity index (χ0) is 29.1. The number of carbonyl (C=O) groups is 1. The van der Waals surface area contributed by atoms with E-state index in [1.54, 1.807) is 12.3 Å². The second-order valence-corrected chi connectivity index (χ2v) is 10.9. The van der Waals surface area contributed by atoms with Crippen molar-refractivity contribution in [2.24, 2.45) is 5.92 Å². The monoisotopic (exact) mass is 601 g/mol. The number of anilines is 2. The maximum Gasteiger partial charge on any atom is 0.243 e. The Hall–Kier alpha value is -3.38. The summed E-state index contributed by atoms with van der Waals surface area (Å²) in [5, 5.41) is 11.1. The summed E-state index contributed by atoms with van der Waals surface area (Å²) in [5.41, 5.74) is 1.64. The van der Waals surface area contributed by atoms with Crippen LogP contribution in [0.15, 0.2) is 31.0 Å². The molecule has 2 aliphatic heterocycles. The van der Waals surface area contributed by atoms with Gasteiger partial charge >= 0.3 is 0 Å². The van der Waals surface area contributed by atoms with Gasteiger partial charge in [0.15, 0.2) is 5.82 Å². The Morgan fingerprint density at radius 1 is 1.17 bits per heavy atom. The number of aromatic nitrogens is 3. The normalized spacial score (nSPS) is 20.7. The summed E-state index contributed by atoms with van der Waals surface area (Å²) < 4.78 is 16.5. The summed E-state index contributed by atoms with van der Waals surface area (Å²) in [7, 11) is 5.18. The largest absolute Gasteiger partial charge is 0.495 e. The zero-order valence-corrected chi connectivity index (χ0v) is 24.7. The molecule has 218 valence electrons. The number of nitrogens with zero attached hydrogens (tertiary/aromatic N) is 4. The van der Waals surface area contributed by atoms with Crippen molar-refractivity contribution < 1.29 is 19.0 Å². The lowest BCUT2D eigenvalue weighted by atomic mass is 10.1. The minimum atomic E-state index is -0.265. The molecular weight excluding hydrogens is 569 g/mol. The fourth-order valence-electron chi connectivity index (χ4n) is 5.15. The Morgan fingerprint density at radius 2 is 1.90 bits per heavy atom. The number of hydrogen-bond donors (Lipinski definition) is 3. The second-order valence-electron chi connectivity index (χ2n) is 10.2. The molecule has 5 rings (SSSR count). The first kappa shape index (κ1) is 29.1. The molecule has 0 radical (unpaired) electrons. The predicted molar refractivity (Wildman–Crippen MR) is 160 cm³/mol. The molecule has 2 saturated heterocycles. The van der Waals surface area contributed by atoms with E-state index in [1.807, 2.05) is 6.07 Å². The first-order valence-electron chi connectivity index (χ1n) is 13.3. The number of nitrogens with one attached hydrogen (secondary N) is 3. The number of amides is 1. The average molecular weight is 603 g/mol. The lowest BCUT2D eigenvalue weighted by Crippen LogP contribution is -2.45. The van der Waals surface area contributed by atoms with Crippen LogP contribution in [0.25, 0.3) is 22.2 Å². The van der Waals surface area contributed by atoms with E-state index in [2.05, 4.69) is 39.5 Å². The minimum Gasteiger partial charge on any atom is -0.495 e. The highest BCUT2D eigenvalue weighted by Crippen LogP contribution is 2.46. The Morgan fingerprint density at radius 3 is 2.56 bits per heavy atom. The first-order chi connectivity index (χ1) is 19.8. The van der Waals surface area contributed by atoms with Gasteiger partial charge in [0.2, 0.25) is 11.9 Å². The highest BCUT2D eigenvalue weighted by Gasteiger charge is 2.30. The molecule has 11 nitrogen and oxygen atoms in total. The molecule has 1 unspecified atom stereocenters. The van der Waals surface area contributed by atoms with Crippen LogP contribution in [-0.4, -0.2) is 92.0 Å². The van der Waals surface area contributed by atoms with Gasteiger partial charge in [0.05, 0.1) is 55.3 Å². The van der Waals surface area contributed by atoms with Crippen molar-refractivity contribution in [3.05, 3.63) is 41.0 Å². The maximum absolute atomic E-state index is 11.9. The molecule has 0 bridgehead atoms. The number of rotatable bonds is 10. The third kappa shape index (κ3) is 6.28. The number of carbonyl (C=O) groups excluding carboxylic acids is 1. The molecule has 3 N–H and O–H groups in total.